The molecule has 1 aromatic carbocycles. The molecule has 0 heterocycles. The molecule has 0 saturated heterocycles. The normalized spacial score (nSPS) is 13.5. The predicted octanol–water partition coefficient (Wildman–Crippen LogP) is 1.58. The summed E-state index contributed by atoms with van der Waals surface area (Å²) in [7, 11) is -4.00. The lowest BCUT2D eigenvalue weighted by Gasteiger charge is -2.26. The van der Waals surface area contributed by atoms with E-state index in [2.05, 4.69) is 5.32 Å². The van der Waals surface area contributed by atoms with Crippen LogP contribution in [0.4, 0.5) is 0 Å². The third-order valence-corrected chi connectivity index (χ3v) is 5.81. The molecule has 8 heteroatoms. The quantitative estimate of drug-likeness (QED) is 0.758. The van der Waals surface area contributed by atoms with Crippen LogP contribution in [0.25, 0.3) is 0 Å². The largest absolute Gasteiger partial charge is 0.480 e. The first-order valence-electron chi connectivity index (χ1n) is 7.97. The predicted molar refractivity (Wildman–Crippen MR) is 94.8 cm³/mol. The number of benzene rings is 1. The maximum absolute atomic E-state index is 12.9. The number of nitrogens with one attached hydrogen (secondary N) is 1. The summed E-state index contributed by atoms with van der Waals surface area (Å²) in [5.41, 5.74) is 0.851. The van der Waals surface area contributed by atoms with Crippen molar-refractivity contribution in [1.82, 2.24) is 9.62 Å². The molecule has 0 aliphatic heterocycles. The van der Waals surface area contributed by atoms with Crippen LogP contribution in [-0.4, -0.2) is 48.8 Å². The molecular formula is C17H26N2O5S. The SMILES string of the molecule is CC(=O)NCCN(C(C)C(=O)O)S(=O)(=O)c1ccc(C(C)(C)C)cc1. The van der Waals surface area contributed by atoms with E-state index in [9.17, 15) is 23.1 Å². The van der Waals surface area contributed by atoms with Gasteiger partial charge in [0.25, 0.3) is 0 Å². The van der Waals surface area contributed by atoms with E-state index in [-0.39, 0.29) is 29.3 Å². The van der Waals surface area contributed by atoms with Crippen molar-refractivity contribution in [2.75, 3.05) is 13.1 Å². The molecular weight excluding hydrogens is 344 g/mol. The molecule has 25 heavy (non-hydrogen) atoms. The first-order valence-corrected chi connectivity index (χ1v) is 9.41. The minimum Gasteiger partial charge on any atom is -0.480 e. The van der Waals surface area contributed by atoms with Crippen LogP contribution < -0.4 is 5.32 Å². The van der Waals surface area contributed by atoms with Crippen molar-refractivity contribution >= 4 is 21.9 Å². The summed E-state index contributed by atoms with van der Waals surface area (Å²) in [6.45, 7) is 8.57. The monoisotopic (exact) mass is 370 g/mol. The summed E-state index contributed by atoms with van der Waals surface area (Å²) < 4.78 is 26.6. The number of aliphatic carboxylic acids is 1. The van der Waals surface area contributed by atoms with E-state index in [4.69, 9.17) is 0 Å². The summed E-state index contributed by atoms with van der Waals surface area (Å²) in [4.78, 5) is 22.3. The number of carbonyl (C=O) groups excluding carboxylic acids is 1. The second-order valence-electron chi connectivity index (χ2n) is 6.89. The van der Waals surface area contributed by atoms with Crippen LogP contribution in [0.15, 0.2) is 29.2 Å². The molecule has 1 amide bonds. The fourth-order valence-corrected chi connectivity index (χ4v) is 3.84. The first-order chi connectivity index (χ1) is 11.4. The van der Waals surface area contributed by atoms with Crippen LogP contribution >= 0.6 is 0 Å². The van der Waals surface area contributed by atoms with Gasteiger partial charge in [-0.25, -0.2) is 8.42 Å². The summed E-state index contributed by atoms with van der Waals surface area (Å²) in [6, 6.07) is 5.17. The molecule has 0 aromatic heterocycles. The molecule has 0 saturated carbocycles. The van der Waals surface area contributed by atoms with Gasteiger partial charge in [0.2, 0.25) is 15.9 Å². The molecule has 0 aliphatic carbocycles. The summed E-state index contributed by atoms with van der Waals surface area (Å²) in [6.07, 6.45) is 0. The van der Waals surface area contributed by atoms with Gasteiger partial charge in [-0.2, -0.15) is 4.31 Å². The molecule has 0 bridgehead atoms. The van der Waals surface area contributed by atoms with E-state index in [1.807, 2.05) is 20.8 Å². The lowest BCUT2D eigenvalue weighted by Crippen LogP contribution is -2.46. The summed E-state index contributed by atoms with van der Waals surface area (Å²) in [5, 5.41) is 11.7. The van der Waals surface area contributed by atoms with Gasteiger partial charge in [-0.05, 0) is 30.0 Å². The second-order valence-corrected chi connectivity index (χ2v) is 8.78. The van der Waals surface area contributed by atoms with E-state index in [1.165, 1.54) is 26.0 Å². The highest BCUT2D eigenvalue weighted by Crippen LogP contribution is 2.25. The Morgan fingerprint density at radius 3 is 2.12 bits per heavy atom. The molecule has 1 rings (SSSR count). The maximum atomic E-state index is 12.9. The molecule has 1 unspecified atom stereocenters. The molecule has 1 atom stereocenters. The molecule has 0 spiro atoms. The molecule has 7 nitrogen and oxygen atoms in total. The van der Waals surface area contributed by atoms with Crippen molar-refractivity contribution in [3.8, 4) is 0 Å². The van der Waals surface area contributed by atoms with Crippen molar-refractivity contribution in [1.29, 1.82) is 0 Å². The third-order valence-electron chi connectivity index (χ3n) is 3.82. The van der Waals surface area contributed by atoms with Crippen LogP contribution in [0.5, 0.6) is 0 Å². The summed E-state index contributed by atoms with van der Waals surface area (Å²) >= 11 is 0. The standard InChI is InChI=1S/C17H26N2O5S/c1-12(16(21)22)19(11-10-18-13(2)20)25(23,24)15-8-6-14(7-9-15)17(3,4)5/h6-9,12H,10-11H2,1-5H3,(H,18,20)(H,21,22). The molecule has 0 fully saturated rings. The van der Waals surface area contributed by atoms with Gasteiger partial charge in [-0.1, -0.05) is 32.9 Å². The zero-order valence-electron chi connectivity index (χ0n) is 15.2. The van der Waals surface area contributed by atoms with Gasteiger partial charge in [0, 0.05) is 20.0 Å². The Morgan fingerprint density at radius 1 is 1.20 bits per heavy atom. The fourth-order valence-electron chi connectivity index (χ4n) is 2.25. The lowest BCUT2D eigenvalue weighted by atomic mass is 9.87. The number of carboxylic acids is 1. The highest BCUT2D eigenvalue weighted by Gasteiger charge is 2.32. The molecule has 2 N–H and O–H groups in total. The molecule has 0 aliphatic rings. The van der Waals surface area contributed by atoms with E-state index in [0.29, 0.717) is 0 Å². The zero-order valence-corrected chi connectivity index (χ0v) is 16.1. The lowest BCUT2D eigenvalue weighted by molar-refractivity contribution is -0.140. The van der Waals surface area contributed by atoms with Crippen molar-refractivity contribution in [2.45, 2.75) is 51.0 Å². The van der Waals surface area contributed by atoms with Crippen molar-refractivity contribution in [2.24, 2.45) is 0 Å². The highest BCUT2D eigenvalue weighted by molar-refractivity contribution is 7.89. The minimum absolute atomic E-state index is 0.0245. The number of hydrogen-bond donors (Lipinski definition) is 2. The van der Waals surface area contributed by atoms with Crippen LogP contribution in [0, 0.1) is 0 Å². The first kappa shape index (κ1) is 21.1. The van der Waals surface area contributed by atoms with Crippen molar-refractivity contribution in [3.63, 3.8) is 0 Å². The number of hydrogen-bond acceptors (Lipinski definition) is 4. The highest BCUT2D eigenvalue weighted by atomic mass is 32.2. The number of carboxylic acid groups (broad SMARTS) is 1. The zero-order chi connectivity index (χ0) is 19.4. The number of sulfonamides is 1. The van der Waals surface area contributed by atoms with E-state index in [1.54, 1.807) is 12.1 Å². The van der Waals surface area contributed by atoms with Crippen LogP contribution in [0.1, 0.15) is 40.2 Å². The van der Waals surface area contributed by atoms with Gasteiger partial charge in [0.15, 0.2) is 0 Å². The van der Waals surface area contributed by atoms with Gasteiger partial charge in [-0.3, -0.25) is 9.59 Å². The second kappa shape index (κ2) is 7.97. The Kier molecular flexibility index (Phi) is 6.73. The summed E-state index contributed by atoms with van der Waals surface area (Å²) in [5.74, 6) is -1.56. The van der Waals surface area contributed by atoms with Gasteiger partial charge in [0.05, 0.1) is 4.90 Å². The third kappa shape index (κ3) is 5.54. The Labute approximate surface area is 149 Å². The van der Waals surface area contributed by atoms with E-state index < -0.39 is 22.0 Å². The topological polar surface area (TPSA) is 104 Å². The number of carbonyl (C=O) groups is 2. The number of nitrogens with zero attached hydrogens (tertiary/aromatic N) is 1. The van der Waals surface area contributed by atoms with Crippen LogP contribution in [0.3, 0.4) is 0 Å². The van der Waals surface area contributed by atoms with Crippen LogP contribution in [-0.2, 0) is 25.0 Å². The van der Waals surface area contributed by atoms with Crippen LogP contribution in [0.2, 0.25) is 0 Å². The fraction of sp³-hybridized carbons (Fsp3) is 0.529. The van der Waals surface area contributed by atoms with Gasteiger partial charge >= 0.3 is 5.97 Å². The smallest absolute Gasteiger partial charge is 0.321 e. The average molecular weight is 370 g/mol. The van der Waals surface area contributed by atoms with Gasteiger partial charge in [0.1, 0.15) is 6.04 Å². The van der Waals surface area contributed by atoms with Gasteiger partial charge < -0.3 is 10.4 Å². The molecule has 140 valence electrons. The Morgan fingerprint density at radius 2 is 1.72 bits per heavy atom. The number of rotatable bonds is 7. The van der Waals surface area contributed by atoms with Crippen molar-refractivity contribution in [3.05, 3.63) is 29.8 Å². The minimum atomic E-state index is -4.00. The van der Waals surface area contributed by atoms with E-state index >= 15 is 0 Å². The van der Waals surface area contributed by atoms with Crippen molar-refractivity contribution < 1.29 is 23.1 Å². The Hall–Kier alpha value is -1.93. The molecule has 0 radical (unpaired) electrons. The molecule has 1 aromatic rings. The average Bonchev–Trinajstić information content (AvgIpc) is 2.49. The Bertz CT molecular complexity index is 720. The maximum Gasteiger partial charge on any atom is 0.321 e. The van der Waals surface area contributed by atoms with Gasteiger partial charge in [-0.15, -0.1) is 0 Å². The van der Waals surface area contributed by atoms with E-state index in [0.717, 1.165) is 9.87 Å². The Balaban J connectivity index is 3.17. The number of amides is 1.